The number of fused-ring (bicyclic) bond motifs is 1. The summed E-state index contributed by atoms with van der Waals surface area (Å²) in [6, 6.07) is 13.9. The summed E-state index contributed by atoms with van der Waals surface area (Å²) in [6.45, 7) is 1.80. The van der Waals surface area contributed by atoms with Gasteiger partial charge in [-0.25, -0.2) is 4.98 Å². The van der Waals surface area contributed by atoms with Gasteiger partial charge in [-0.3, -0.25) is 19.3 Å². The monoisotopic (exact) mass is 530 g/mol. The molecule has 2 heterocycles. The summed E-state index contributed by atoms with van der Waals surface area (Å²) in [4.78, 5) is 26.5. The number of nitro groups is 1. The number of hydrogen-bond acceptors (Lipinski definition) is 9. The lowest BCUT2D eigenvalue weighted by atomic mass is 10.1. The SMILES string of the molecule is CCOC(=O)CNc1c(-c2cccc(OS(=O)(=O)c3ccc([N+](=O)[O-])cc3)c2)nc2ccc(Cl)cn12. The van der Waals surface area contributed by atoms with Gasteiger partial charge in [0, 0.05) is 23.9 Å². The van der Waals surface area contributed by atoms with Gasteiger partial charge in [0.05, 0.1) is 16.6 Å². The van der Waals surface area contributed by atoms with E-state index in [1.165, 1.54) is 12.1 Å². The van der Waals surface area contributed by atoms with Crippen LogP contribution >= 0.6 is 11.6 Å². The maximum Gasteiger partial charge on any atom is 0.339 e. The zero-order valence-electron chi connectivity index (χ0n) is 18.8. The Morgan fingerprint density at radius 3 is 2.61 bits per heavy atom. The van der Waals surface area contributed by atoms with Crippen molar-refractivity contribution in [2.75, 3.05) is 18.5 Å². The van der Waals surface area contributed by atoms with E-state index in [1.54, 1.807) is 41.8 Å². The Bertz CT molecular complexity index is 1550. The lowest BCUT2D eigenvalue weighted by Crippen LogP contribution is -2.17. The Labute approximate surface area is 210 Å². The first-order valence-corrected chi connectivity index (χ1v) is 12.3. The molecule has 0 unspecified atom stereocenters. The first-order chi connectivity index (χ1) is 17.2. The number of nitrogens with zero attached hydrogens (tertiary/aromatic N) is 3. The van der Waals surface area contributed by atoms with E-state index in [2.05, 4.69) is 10.3 Å². The van der Waals surface area contributed by atoms with Crippen LogP contribution in [0.1, 0.15) is 6.92 Å². The highest BCUT2D eigenvalue weighted by atomic mass is 35.5. The molecule has 36 heavy (non-hydrogen) atoms. The highest BCUT2D eigenvalue weighted by Crippen LogP contribution is 2.32. The van der Waals surface area contributed by atoms with Crippen LogP contribution in [-0.2, 0) is 19.6 Å². The number of imidazole rings is 1. The van der Waals surface area contributed by atoms with Crippen molar-refractivity contribution in [3.05, 3.63) is 82.0 Å². The summed E-state index contributed by atoms with van der Waals surface area (Å²) in [5, 5.41) is 14.3. The highest BCUT2D eigenvalue weighted by Gasteiger charge is 2.20. The molecule has 2 aromatic carbocycles. The van der Waals surface area contributed by atoms with Crippen LogP contribution in [0.25, 0.3) is 16.9 Å². The Morgan fingerprint density at radius 2 is 1.92 bits per heavy atom. The predicted octanol–water partition coefficient (Wildman–Crippen LogP) is 4.31. The first kappa shape index (κ1) is 24.9. The van der Waals surface area contributed by atoms with E-state index in [9.17, 15) is 23.3 Å². The zero-order valence-corrected chi connectivity index (χ0v) is 20.3. The van der Waals surface area contributed by atoms with Crippen molar-refractivity contribution in [1.82, 2.24) is 9.38 Å². The normalized spacial score (nSPS) is 11.3. The van der Waals surface area contributed by atoms with Crippen LogP contribution < -0.4 is 9.50 Å². The molecule has 0 spiro atoms. The minimum Gasteiger partial charge on any atom is -0.465 e. The second kappa shape index (κ2) is 10.2. The second-order valence-corrected chi connectivity index (χ2v) is 9.34. The lowest BCUT2D eigenvalue weighted by Gasteiger charge is -2.10. The molecule has 2 aromatic heterocycles. The highest BCUT2D eigenvalue weighted by molar-refractivity contribution is 7.87. The van der Waals surface area contributed by atoms with Crippen molar-refractivity contribution in [3.63, 3.8) is 0 Å². The van der Waals surface area contributed by atoms with Gasteiger partial charge in [-0.05, 0) is 43.3 Å². The third kappa shape index (κ3) is 5.39. The standard InChI is InChI=1S/C23H19ClN4O7S/c1-2-34-21(29)13-25-23-22(26-20-11-6-16(24)14-27(20)23)15-4-3-5-18(12-15)35-36(32,33)19-9-7-17(8-10-19)28(30)31/h3-12,14,25H,2,13H2,1H3. The summed E-state index contributed by atoms with van der Waals surface area (Å²) in [7, 11) is -4.27. The smallest absolute Gasteiger partial charge is 0.339 e. The van der Waals surface area contributed by atoms with Gasteiger partial charge in [0.25, 0.3) is 5.69 Å². The summed E-state index contributed by atoms with van der Waals surface area (Å²) < 4.78 is 37.4. The molecule has 0 amide bonds. The van der Waals surface area contributed by atoms with E-state index in [0.717, 1.165) is 24.3 Å². The number of esters is 1. The Hall–Kier alpha value is -4.16. The number of halogens is 1. The minimum absolute atomic E-state index is 0.00251. The molecular formula is C23H19ClN4O7S. The quantitative estimate of drug-likeness (QED) is 0.145. The van der Waals surface area contributed by atoms with Crippen LogP contribution in [0.15, 0.2) is 71.8 Å². The fourth-order valence-corrected chi connectivity index (χ4v) is 4.44. The van der Waals surface area contributed by atoms with Crippen molar-refractivity contribution in [1.29, 1.82) is 0 Å². The molecule has 0 radical (unpaired) electrons. The van der Waals surface area contributed by atoms with Crippen LogP contribution in [0.2, 0.25) is 5.02 Å². The first-order valence-electron chi connectivity index (χ1n) is 10.5. The molecule has 0 aliphatic carbocycles. The van der Waals surface area contributed by atoms with Crippen LogP contribution in [0.5, 0.6) is 5.75 Å². The molecule has 0 fully saturated rings. The van der Waals surface area contributed by atoms with Crippen molar-refractivity contribution >= 4 is 44.8 Å². The predicted molar refractivity (Wildman–Crippen MR) is 132 cm³/mol. The molecule has 0 saturated carbocycles. The lowest BCUT2D eigenvalue weighted by molar-refractivity contribution is -0.384. The third-order valence-electron chi connectivity index (χ3n) is 4.94. The minimum atomic E-state index is -4.27. The van der Waals surface area contributed by atoms with Crippen LogP contribution in [-0.4, -0.2) is 41.8 Å². The number of benzene rings is 2. The number of ether oxygens (including phenoxy) is 1. The van der Waals surface area contributed by atoms with E-state index >= 15 is 0 Å². The van der Waals surface area contributed by atoms with Gasteiger partial charge in [-0.15, -0.1) is 0 Å². The van der Waals surface area contributed by atoms with Gasteiger partial charge in [-0.2, -0.15) is 8.42 Å². The van der Waals surface area contributed by atoms with E-state index < -0.39 is 21.0 Å². The maximum absolute atomic E-state index is 12.7. The number of non-ortho nitro benzene ring substituents is 1. The van der Waals surface area contributed by atoms with E-state index in [1.807, 2.05) is 0 Å². The maximum atomic E-state index is 12.7. The molecular weight excluding hydrogens is 512 g/mol. The number of anilines is 1. The molecule has 0 saturated heterocycles. The summed E-state index contributed by atoms with van der Waals surface area (Å²) in [6.07, 6.45) is 1.63. The molecule has 4 rings (SSSR count). The number of aromatic nitrogens is 2. The van der Waals surface area contributed by atoms with E-state index in [0.29, 0.717) is 27.7 Å². The molecule has 0 bridgehead atoms. The fraction of sp³-hybridized carbons (Fsp3) is 0.130. The van der Waals surface area contributed by atoms with Crippen molar-refractivity contribution < 1.29 is 27.1 Å². The molecule has 0 aliphatic rings. The molecule has 186 valence electrons. The van der Waals surface area contributed by atoms with Gasteiger partial charge < -0.3 is 14.2 Å². The van der Waals surface area contributed by atoms with Crippen LogP contribution in [0.4, 0.5) is 11.5 Å². The number of pyridine rings is 1. The molecule has 1 N–H and O–H groups in total. The topological polar surface area (TPSA) is 142 Å². The van der Waals surface area contributed by atoms with E-state index in [-0.39, 0.29) is 29.5 Å². The Morgan fingerprint density at radius 1 is 1.17 bits per heavy atom. The number of nitrogens with one attached hydrogen (secondary N) is 1. The zero-order chi connectivity index (χ0) is 25.9. The largest absolute Gasteiger partial charge is 0.465 e. The van der Waals surface area contributed by atoms with Crippen LogP contribution in [0.3, 0.4) is 0 Å². The summed E-state index contributed by atoms with van der Waals surface area (Å²) in [5.74, 6) is -0.0279. The average Bonchev–Trinajstić information content (AvgIpc) is 3.20. The summed E-state index contributed by atoms with van der Waals surface area (Å²) in [5.41, 5.74) is 1.20. The van der Waals surface area contributed by atoms with Gasteiger partial charge in [0.1, 0.15) is 34.3 Å². The van der Waals surface area contributed by atoms with Crippen molar-refractivity contribution in [2.24, 2.45) is 0 Å². The number of carbonyl (C=O) groups is 1. The number of nitro benzene ring substituents is 1. The Balaban J connectivity index is 1.68. The van der Waals surface area contributed by atoms with Gasteiger partial charge >= 0.3 is 16.1 Å². The fourth-order valence-electron chi connectivity index (χ4n) is 3.36. The number of hydrogen-bond donors (Lipinski definition) is 1. The van der Waals surface area contributed by atoms with E-state index in [4.69, 9.17) is 20.5 Å². The second-order valence-electron chi connectivity index (χ2n) is 7.36. The van der Waals surface area contributed by atoms with Crippen molar-refractivity contribution in [2.45, 2.75) is 11.8 Å². The van der Waals surface area contributed by atoms with Gasteiger partial charge in [-0.1, -0.05) is 23.7 Å². The number of rotatable bonds is 9. The van der Waals surface area contributed by atoms with Gasteiger partial charge in [0.15, 0.2) is 0 Å². The third-order valence-corrected chi connectivity index (χ3v) is 6.42. The number of carbonyl (C=O) groups excluding carboxylic acids is 1. The Kier molecular flexibility index (Phi) is 7.08. The molecule has 13 heteroatoms. The molecule has 0 atom stereocenters. The molecule has 11 nitrogen and oxygen atoms in total. The van der Waals surface area contributed by atoms with Crippen LogP contribution in [0, 0.1) is 10.1 Å². The summed E-state index contributed by atoms with van der Waals surface area (Å²) >= 11 is 6.15. The van der Waals surface area contributed by atoms with Crippen molar-refractivity contribution in [3.8, 4) is 17.0 Å². The average molecular weight is 531 g/mol. The molecule has 4 aromatic rings. The van der Waals surface area contributed by atoms with Gasteiger partial charge in [0.2, 0.25) is 0 Å². The molecule has 0 aliphatic heterocycles.